The van der Waals surface area contributed by atoms with E-state index in [0.29, 0.717) is 0 Å². The highest BCUT2D eigenvalue weighted by molar-refractivity contribution is 6.02. The van der Waals surface area contributed by atoms with Gasteiger partial charge in [-0.15, -0.1) is 0 Å². The first-order valence-electron chi connectivity index (χ1n) is 3.92. The number of carboxylic acid groups (broad SMARTS) is 1. The summed E-state index contributed by atoms with van der Waals surface area (Å²) in [5.74, 6) is -2.39. The molecular formula is C8H12N2O4. The Morgan fingerprint density at radius 1 is 1.50 bits per heavy atom. The predicted molar refractivity (Wildman–Crippen MR) is 48.2 cm³/mol. The van der Waals surface area contributed by atoms with Crippen LogP contribution in [-0.2, 0) is 14.4 Å². The quantitative estimate of drug-likeness (QED) is 0.493. The molecule has 4 N–H and O–H groups in total. The Hall–Kier alpha value is -1.69. The third-order valence-corrected chi connectivity index (χ3v) is 1.44. The molecule has 0 heterocycles. The lowest BCUT2D eigenvalue weighted by molar-refractivity contribution is -0.137. The number of hydrogen-bond donors (Lipinski definition) is 3. The number of hydrogen-bond acceptors (Lipinski definition) is 4. The van der Waals surface area contributed by atoms with Crippen LogP contribution in [0, 0.1) is 0 Å². The van der Waals surface area contributed by atoms with Crippen LogP contribution in [0.25, 0.3) is 0 Å². The molecule has 2 amide bonds. The van der Waals surface area contributed by atoms with Gasteiger partial charge in [-0.1, -0.05) is 6.58 Å². The van der Waals surface area contributed by atoms with Crippen LogP contribution in [-0.4, -0.2) is 28.9 Å². The Balaban J connectivity index is 3.93. The van der Waals surface area contributed by atoms with Gasteiger partial charge in [0.05, 0.1) is 6.04 Å². The minimum Gasteiger partial charge on any atom is -0.481 e. The second kappa shape index (κ2) is 5.87. The van der Waals surface area contributed by atoms with Crippen molar-refractivity contribution < 1.29 is 19.5 Å². The fraction of sp³-hybridized carbons (Fsp3) is 0.375. The first-order valence-corrected chi connectivity index (χ1v) is 3.92. The molecule has 0 rings (SSSR count). The smallest absolute Gasteiger partial charge is 0.303 e. The summed E-state index contributed by atoms with van der Waals surface area (Å²) in [4.78, 5) is 31.8. The molecule has 1 atom stereocenters. The summed E-state index contributed by atoms with van der Waals surface area (Å²) in [6, 6.07) is -0.991. The normalized spacial score (nSPS) is 11.5. The van der Waals surface area contributed by atoms with Gasteiger partial charge in [0, 0.05) is 6.42 Å². The van der Waals surface area contributed by atoms with E-state index in [9.17, 15) is 14.4 Å². The second-order valence-corrected chi connectivity index (χ2v) is 2.60. The highest BCUT2D eigenvalue weighted by Crippen LogP contribution is 1.94. The topological polar surface area (TPSA) is 109 Å². The molecule has 6 nitrogen and oxygen atoms in total. The number of rotatable bonds is 5. The molecule has 0 aromatic heterocycles. The Bertz CT molecular complexity index is 262. The van der Waals surface area contributed by atoms with Crippen LogP contribution in [0.2, 0.25) is 0 Å². The molecule has 0 unspecified atom stereocenters. The number of aliphatic carboxylic acids is 1. The fourth-order valence-corrected chi connectivity index (χ4v) is 0.675. The molecule has 0 aliphatic heterocycles. The highest BCUT2D eigenvalue weighted by Gasteiger charge is 2.15. The van der Waals surface area contributed by atoms with Gasteiger partial charge in [0.1, 0.15) is 0 Å². The number of carbonyl (C=O) groups is 3. The molecule has 0 spiro atoms. The van der Waals surface area contributed by atoms with Crippen LogP contribution >= 0.6 is 0 Å². The molecule has 14 heavy (non-hydrogen) atoms. The Labute approximate surface area is 80.8 Å². The Morgan fingerprint density at radius 3 is 2.50 bits per heavy atom. The first-order chi connectivity index (χ1) is 6.47. The lowest BCUT2D eigenvalue weighted by atomic mass is 10.1. The number of carboxylic acids is 1. The third kappa shape index (κ3) is 5.04. The molecule has 78 valence electrons. The van der Waals surface area contributed by atoms with E-state index in [2.05, 4.69) is 6.58 Å². The maximum Gasteiger partial charge on any atom is 0.303 e. The second-order valence-electron chi connectivity index (χ2n) is 2.60. The largest absolute Gasteiger partial charge is 0.481 e. The van der Waals surface area contributed by atoms with Crippen molar-refractivity contribution in [3.05, 3.63) is 12.7 Å². The zero-order chi connectivity index (χ0) is 11.1. The summed E-state index contributed by atoms with van der Waals surface area (Å²) >= 11 is 0. The van der Waals surface area contributed by atoms with E-state index in [1.165, 1.54) is 0 Å². The van der Waals surface area contributed by atoms with Crippen LogP contribution in [0.1, 0.15) is 12.8 Å². The van der Waals surface area contributed by atoms with Crippen molar-refractivity contribution in [3.8, 4) is 0 Å². The number of nitrogens with two attached hydrogens (primary N) is 1. The van der Waals surface area contributed by atoms with Crippen molar-refractivity contribution in [3.63, 3.8) is 0 Å². The van der Waals surface area contributed by atoms with Crippen molar-refractivity contribution in [2.75, 3.05) is 0 Å². The van der Waals surface area contributed by atoms with Crippen molar-refractivity contribution in [1.82, 2.24) is 5.32 Å². The van der Waals surface area contributed by atoms with Gasteiger partial charge in [-0.25, -0.2) is 0 Å². The van der Waals surface area contributed by atoms with E-state index < -0.39 is 23.8 Å². The van der Waals surface area contributed by atoms with Crippen LogP contribution in [0.5, 0.6) is 0 Å². The Morgan fingerprint density at radius 2 is 2.07 bits per heavy atom. The number of amides is 2. The van der Waals surface area contributed by atoms with E-state index in [1.54, 1.807) is 0 Å². The lowest BCUT2D eigenvalue weighted by Crippen LogP contribution is -2.43. The monoisotopic (exact) mass is 200 g/mol. The van der Waals surface area contributed by atoms with Crippen LogP contribution in [0.3, 0.4) is 0 Å². The van der Waals surface area contributed by atoms with Crippen molar-refractivity contribution in [1.29, 1.82) is 0 Å². The zero-order valence-corrected chi connectivity index (χ0v) is 7.53. The van der Waals surface area contributed by atoms with Crippen LogP contribution < -0.4 is 11.1 Å². The van der Waals surface area contributed by atoms with Gasteiger partial charge in [0.2, 0.25) is 11.8 Å². The summed E-state index contributed by atoms with van der Waals surface area (Å²) in [5, 5.41) is 10.2. The highest BCUT2D eigenvalue weighted by atomic mass is 16.4. The molecule has 6 heteroatoms. The van der Waals surface area contributed by atoms with Crippen LogP contribution in [0.4, 0.5) is 0 Å². The molecule has 0 saturated carbocycles. The first kappa shape index (κ1) is 12.3. The van der Waals surface area contributed by atoms with Crippen LogP contribution in [0.15, 0.2) is 12.7 Å². The van der Waals surface area contributed by atoms with Gasteiger partial charge in [-0.2, -0.15) is 0 Å². The minimum atomic E-state index is -1.04. The summed E-state index contributed by atoms with van der Waals surface area (Å²) in [7, 11) is 0. The lowest BCUT2D eigenvalue weighted by Gasteiger charge is -2.08. The number of nitrogens with one attached hydrogen (secondary N) is 1. The third-order valence-electron chi connectivity index (χ3n) is 1.44. The molecule has 0 bridgehead atoms. The van der Waals surface area contributed by atoms with E-state index in [4.69, 9.17) is 10.8 Å². The average Bonchev–Trinajstić information content (AvgIpc) is 2.13. The van der Waals surface area contributed by atoms with Gasteiger partial charge in [0.15, 0.2) is 0 Å². The molecule has 0 aromatic rings. The van der Waals surface area contributed by atoms with E-state index >= 15 is 0 Å². The van der Waals surface area contributed by atoms with E-state index in [0.717, 1.165) is 6.08 Å². The van der Waals surface area contributed by atoms with Crippen molar-refractivity contribution in [2.24, 2.45) is 5.73 Å². The summed E-state index contributed by atoms with van der Waals surface area (Å²) < 4.78 is 0. The summed E-state index contributed by atoms with van der Waals surface area (Å²) in [6.07, 6.45) is 0.713. The average molecular weight is 200 g/mol. The van der Waals surface area contributed by atoms with E-state index in [-0.39, 0.29) is 12.8 Å². The van der Waals surface area contributed by atoms with Gasteiger partial charge >= 0.3 is 5.97 Å². The molecule has 0 fully saturated rings. The van der Waals surface area contributed by atoms with E-state index in [1.807, 2.05) is 5.32 Å². The predicted octanol–water partition coefficient (Wildman–Crippen LogP) is -0.993. The van der Waals surface area contributed by atoms with Crippen molar-refractivity contribution >= 4 is 17.8 Å². The molecular weight excluding hydrogens is 188 g/mol. The number of carbonyl (C=O) groups excluding carboxylic acids is 2. The van der Waals surface area contributed by atoms with Gasteiger partial charge in [-0.05, 0) is 12.5 Å². The molecule has 0 saturated heterocycles. The fourth-order valence-electron chi connectivity index (χ4n) is 0.675. The summed E-state index contributed by atoms with van der Waals surface area (Å²) in [5.41, 5.74) is 5.31. The zero-order valence-electron chi connectivity index (χ0n) is 7.53. The van der Waals surface area contributed by atoms with Gasteiger partial charge in [-0.3, -0.25) is 19.7 Å². The van der Waals surface area contributed by atoms with Gasteiger partial charge in [0.25, 0.3) is 0 Å². The maximum absolute atomic E-state index is 11.0. The molecule has 0 radical (unpaired) electrons. The summed E-state index contributed by atoms with van der Waals surface area (Å²) in [6.45, 7) is 3.15. The Kier molecular flexibility index (Phi) is 5.16. The van der Waals surface area contributed by atoms with Crippen molar-refractivity contribution in [2.45, 2.75) is 18.9 Å². The minimum absolute atomic E-state index is 0.00834. The molecule has 0 aliphatic carbocycles. The molecule has 0 aliphatic rings. The SMILES string of the molecule is C=CC(=O)NC(=O)[C@@H](N)CCC(=O)O. The standard InChI is InChI=1S/C8H12N2O4/c1-2-6(11)10-8(14)5(9)3-4-7(12)13/h2,5H,1,3-4,9H2,(H,12,13)(H,10,11,14)/t5-/m0/s1. The number of imide groups is 1. The molecule has 0 aromatic carbocycles. The van der Waals surface area contributed by atoms with Gasteiger partial charge < -0.3 is 10.8 Å². The maximum atomic E-state index is 11.0.